The molecular formula is C17H21N3O3. The van der Waals surface area contributed by atoms with E-state index in [1.54, 1.807) is 19.1 Å². The van der Waals surface area contributed by atoms with Crippen LogP contribution in [0.5, 0.6) is 0 Å². The van der Waals surface area contributed by atoms with Crippen LogP contribution in [0, 0.1) is 5.92 Å². The molecule has 1 aromatic carbocycles. The van der Waals surface area contributed by atoms with Crippen molar-refractivity contribution in [2.24, 2.45) is 5.92 Å². The number of imide groups is 1. The Hall–Kier alpha value is -2.37. The molecule has 0 unspecified atom stereocenters. The van der Waals surface area contributed by atoms with E-state index in [2.05, 4.69) is 10.6 Å². The minimum atomic E-state index is -1.12. The predicted octanol–water partition coefficient (Wildman–Crippen LogP) is 1.37. The van der Waals surface area contributed by atoms with Crippen LogP contribution in [0.1, 0.15) is 32.3 Å². The number of urea groups is 1. The molecule has 0 bridgehead atoms. The summed E-state index contributed by atoms with van der Waals surface area (Å²) in [5.74, 6) is -0.176. The van der Waals surface area contributed by atoms with E-state index < -0.39 is 17.5 Å². The smallest absolute Gasteiger partial charge is 0.325 e. The molecule has 0 radical (unpaired) electrons. The first-order valence-corrected chi connectivity index (χ1v) is 7.91. The molecule has 2 N–H and O–H groups in total. The fourth-order valence-electron chi connectivity index (χ4n) is 2.96. The van der Waals surface area contributed by atoms with Gasteiger partial charge in [-0.05, 0) is 38.2 Å². The number of hydrogen-bond acceptors (Lipinski definition) is 3. The number of rotatable bonds is 5. The van der Waals surface area contributed by atoms with Gasteiger partial charge in [0.15, 0.2) is 0 Å². The van der Waals surface area contributed by atoms with Crippen LogP contribution in [0.15, 0.2) is 30.3 Å². The summed E-state index contributed by atoms with van der Waals surface area (Å²) in [5, 5.41) is 5.56. The molecule has 6 nitrogen and oxygen atoms in total. The quantitative estimate of drug-likeness (QED) is 0.806. The zero-order valence-electron chi connectivity index (χ0n) is 13.3. The van der Waals surface area contributed by atoms with E-state index in [-0.39, 0.29) is 18.5 Å². The van der Waals surface area contributed by atoms with Gasteiger partial charge in [0.25, 0.3) is 5.91 Å². The van der Waals surface area contributed by atoms with Crippen LogP contribution in [0.25, 0.3) is 0 Å². The van der Waals surface area contributed by atoms with Crippen LogP contribution < -0.4 is 10.6 Å². The third-order valence-corrected chi connectivity index (χ3v) is 4.65. The van der Waals surface area contributed by atoms with Gasteiger partial charge >= 0.3 is 6.03 Å². The van der Waals surface area contributed by atoms with Gasteiger partial charge in [-0.3, -0.25) is 14.5 Å². The van der Waals surface area contributed by atoms with Crippen LogP contribution in [-0.4, -0.2) is 35.3 Å². The van der Waals surface area contributed by atoms with Gasteiger partial charge in [0.2, 0.25) is 5.91 Å². The highest BCUT2D eigenvalue weighted by Crippen LogP contribution is 2.32. The Morgan fingerprint density at radius 1 is 1.35 bits per heavy atom. The van der Waals surface area contributed by atoms with Gasteiger partial charge in [-0.15, -0.1) is 0 Å². The third-order valence-electron chi connectivity index (χ3n) is 4.65. The van der Waals surface area contributed by atoms with Crippen LogP contribution in [-0.2, 0) is 15.1 Å². The number of nitrogens with zero attached hydrogens (tertiary/aromatic N) is 1. The summed E-state index contributed by atoms with van der Waals surface area (Å²) in [4.78, 5) is 37.9. The lowest BCUT2D eigenvalue weighted by Gasteiger charge is -2.22. The topological polar surface area (TPSA) is 78.5 Å². The van der Waals surface area contributed by atoms with Gasteiger partial charge < -0.3 is 10.6 Å². The largest absolute Gasteiger partial charge is 0.352 e. The molecule has 0 spiro atoms. The van der Waals surface area contributed by atoms with E-state index >= 15 is 0 Å². The summed E-state index contributed by atoms with van der Waals surface area (Å²) >= 11 is 0. The highest BCUT2D eigenvalue weighted by atomic mass is 16.2. The van der Waals surface area contributed by atoms with Crippen LogP contribution in [0.3, 0.4) is 0 Å². The lowest BCUT2D eigenvalue weighted by molar-refractivity contribution is -0.135. The molecule has 4 amide bonds. The van der Waals surface area contributed by atoms with Crippen molar-refractivity contribution < 1.29 is 14.4 Å². The Kier molecular flexibility index (Phi) is 3.83. The van der Waals surface area contributed by atoms with Gasteiger partial charge in [0.1, 0.15) is 12.1 Å². The Balaban J connectivity index is 1.70. The molecule has 1 aliphatic carbocycles. The predicted molar refractivity (Wildman–Crippen MR) is 84.4 cm³/mol. The molecule has 1 saturated carbocycles. The van der Waals surface area contributed by atoms with E-state index in [1.807, 2.05) is 25.1 Å². The Labute approximate surface area is 135 Å². The van der Waals surface area contributed by atoms with Crippen LogP contribution >= 0.6 is 0 Å². The van der Waals surface area contributed by atoms with Gasteiger partial charge in [0.05, 0.1) is 0 Å². The van der Waals surface area contributed by atoms with Crippen molar-refractivity contribution in [1.82, 2.24) is 15.5 Å². The fourth-order valence-corrected chi connectivity index (χ4v) is 2.96. The average Bonchev–Trinajstić information content (AvgIpc) is 3.34. The summed E-state index contributed by atoms with van der Waals surface area (Å²) < 4.78 is 0. The molecule has 1 aliphatic heterocycles. The molecule has 23 heavy (non-hydrogen) atoms. The molecule has 2 atom stereocenters. The molecular weight excluding hydrogens is 294 g/mol. The number of amides is 4. The molecule has 1 saturated heterocycles. The van der Waals surface area contributed by atoms with Crippen LogP contribution in [0.4, 0.5) is 4.79 Å². The summed E-state index contributed by atoms with van der Waals surface area (Å²) in [6, 6.07) is 8.60. The molecule has 122 valence electrons. The molecule has 2 aliphatic rings. The highest BCUT2D eigenvalue weighted by molar-refractivity contribution is 6.09. The molecule has 1 aromatic rings. The zero-order chi connectivity index (χ0) is 16.6. The van der Waals surface area contributed by atoms with Crippen molar-refractivity contribution in [3.63, 3.8) is 0 Å². The molecule has 0 aromatic heterocycles. The third kappa shape index (κ3) is 2.93. The second-order valence-electron chi connectivity index (χ2n) is 6.51. The summed E-state index contributed by atoms with van der Waals surface area (Å²) in [6.45, 7) is 3.37. The molecule has 2 fully saturated rings. The number of benzene rings is 1. The van der Waals surface area contributed by atoms with E-state index in [1.165, 1.54) is 0 Å². The first kappa shape index (κ1) is 15.5. The van der Waals surface area contributed by atoms with Crippen LogP contribution in [0.2, 0.25) is 0 Å². The van der Waals surface area contributed by atoms with E-state index in [0.29, 0.717) is 11.5 Å². The summed E-state index contributed by atoms with van der Waals surface area (Å²) in [5.41, 5.74) is -0.423. The Morgan fingerprint density at radius 3 is 2.61 bits per heavy atom. The first-order chi connectivity index (χ1) is 10.9. The van der Waals surface area contributed by atoms with Crippen molar-refractivity contribution >= 4 is 17.8 Å². The average molecular weight is 315 g/mol. The second kappa shape index (κ2) is 5.68. The lowest BCUT2D eigenvalue weighted by Crippen LogP contribution is -2.45. The maximum atomic E-state index is 12.7. The normalized spacial score (nSPS) is 25.2. The van der Waals surface area contributed by atoms with E-state index in [0.717, 1.165) is 17.7 Å². The van der Waals surface area contributed by atoms with Crippen molar-refractivity contribution in [1.29, 1.82) is 0 Å². The number of carbonyl (C=O) groups is 3. The summed E-state index contributed by atoms with van der Waals surface area (Å²) in [7, 11) is 0. The number of nitrogens with one attached hydrogen (secondary N) is 2. The Morgan fingerprint density at radius 2 is 2.00 bits per heavy atom. The molecule has 3 rings (SSSR count). The zero-order valence-corrected chi connectivity index (χ0v) is 13.3. The fraction of sp³-hybridized carbons (Fsp3) is 0.471. The summed E-state index contributed by atoms with van der Waals surface area (Å²) in [6.07, 6.45) is 2.24. The number of carbonyl (C=O) groups excluding carboxylic acids is 3. The van der Waals surface area contributed by atoms with Crippen molar-refractivity contribution in [2.75, 3.05) is 6.54 Å². The second-order valence-corrected chi connectivity index (χ2v) is 6.51. The van der Waals surface area contributed by atoms with Gasteiger partial charge in [0, 0.05) is 6.04 Å². The molecule has 1 heterocycles. The molecule has 6 heteroatoms. The van der Waals surface area contributed by atoms with Crippen molar-refractivity contribution in [2.45, 2.75) is 38.3 Å². The van der Waals surface area contributed by atoms with E-state index in [9.17, 15) is 14.4 Å². The van der Waals surface area contributed by atoms with Gasteiger partial charge in [-0.25, -0.2) is 4.79 Å². The Bertz CT molecular complexity index is 642. The highest BCUT2D eigenvalue weighted by Gasteiger charge is 2.49. The monoisotopic (exact) mass is 315 g/mol. The maximum absolute atomic E-state index is 12.7. The SMILES string of the molecule is C[C@H](NC(=O)CN1C(=O)N[C@@](C)(c2ccccc2)C1=O)C1CC1. The first-order valence-electron chi connectivity index (χ1n) is 7.91. The number of hydrogen-bond donors (Lipinski definition) is 2. The van der Waals surface area contributed by atoms with Crippen molar-refractivity contribution in [3.8, 4) is 0 Å². The van der Waals surface area contributed by atoms with Gasteiger partial charge in [-0.2, -0.15) is 0 Å². The standard InChI is InChI=1S/C17H21N3O3/c1-11(12-8-9-12)18-14(21)10-20-15(22)17(2,19-16(20)23)13-6-4-3-5-7-13/h3-7,11-12H,8-10H2,1-2H3,(H,18,21)(H,19,23)/t11-,17-/m0/s1. The minimum absolute atomic E-state index is 0.0868. The minimum Gasteiger partial charge on any atom is -0.352 e. The van der Waals surface area contributed by atoms with Gasteiger partial charge in [-0.1, -0.05) is 30.3 Å². The lowest BCUT2D eigenvalue weighted by atomic mass is 9.92. The van der Waals surface area contributed by atoms with E-state index in [4.69, 9.17) is 0 Å². The van der Waals surface area contributed by atoms with Crippen molar-refractivity contribution in [3.05, 3.63) is 35.9 Å². The maximum Gasteiger partial charge on any atom is 0.325 e.